The molecule has 104 valence electrons. The quantitative estimate of drug-likeness (QED) is 0.827. The van der Waals surface area contributed by atoms with Gasteiger partial charge in [-0.3, -0.25) is 4.79 Å². The van der Waals surface area contributed by atoms with Gasteiger partial charge in [0.05, 0.1) is 19.1 Å². The summed E-state index contributed by atoms with van der Waals surface area (Å²) in [6.45, 7) is 2.91. The van der Waals surface area contributed by atoms with Crippen LogP contribution < -0.4 is 10.1 Å². The van der Waals surface area contributed by atoms with Gasteiger partial charge in [0.2, 0.25) is 0 Å². The second kappa shape index (κ2) is 5.61. The van der Waals surface area contributed by atoms with Crippen LogP contribution in [0.25, 0.3) is 0 Å². The molecule has 0 radical (unpaired) electrons. The zero-order chi connectivity index (χ0) is 13.9. The number of carboxylic acid groups (broad SMARTS) is 1. The van der Waals surface area contributed by atoms with Crippen LogP contribution in [0.1, 0.15) is 37.3 Å². The Kier molecular flexibility index (Phi) is 4.10. The van der Waals surface area contributed by atoms with Crippen LogP contribution >= 0.6 is 0 Å². The Morgan fingerprint density at radius 3 is 2.95 bits per heavy atom. The van der Waals surface area contributed by atoms with E-state index in [4.69, 9.17) is 4.74 Å². The molecule has 0 saturated carbocycles. The molecule has 0 amide bonds. The third-order valence-corrected chi connectivity index (χ3v) is 3.82. The second-order valence-electron chi connectivity index (χ2n) is 5.10. The van der Waals surface area contributed by atoms with Gasteiger partial charge in [0.1, 0.15) is 5.75 Å². The van der Waals surface area contributed by atoms with Crippen molar-refractivity contribution < 1.29 is 14.6 Å². The zero-order valence-electron chi connectivity index (χ0n) is 11.5. The van der Waals surface area contributed by atoms with Crippen molar-refractivity contribution in [3.05, 3.63) is 29.3 Å². The molecule has 1 aromatic carbocycles. The SMILES string of the molecule is CCCNC1(CC(=O)O)CCc2ccc(OC)cc21. The summed E-state index contributed by atoms with van der Waals surface area (Å²) < 4.78 is 5.27. The highest BCUT2D eigenvalue weighted by molar-refractivity contribution is 5.69. The number of fused-ring (bicyclic) bond motifs is 1. The molecule has 4 heteroatoms. The van der Waals surface area contributed by atoms with Crippen molar-refractivity contribution in [1.29, 1.82) is 0 Å². The first-order chi connectivity index (χ1) is 9.11. The molecule has 0 spiro atoms. The number of benzene rings is 1. The molecule has 1 aliphatic carbocycles. The lowest BCUT2D eigenvalue weighted by Gasteiger charge is -2.30. The van der Waals surface area contributed by atoms with Crippen LogP contribution in [-0.4, -0.2) is 24.7 Å². The number of aliphatic carboxylic acids is 1. The van der Waals surface area contributed by atoms with Crippen LogP contribution in [0, 0.1) is 0 Å². The average Bonchev–Trinajstić information content (AvgIpc) is 2.74. The molecule has 0 heterocycles. The number of ether oxygens (including phenoxy) is 1. The Morgan fingerprint density at radius 1 is 1.53 bits per heavy atom. The number of rotatable bonds is 6. The maximum atomic E-state index is 11.2. The van der Waals surface area contributed by atoms with E-state index in [2.05, 4.69) is 12.2 Å². The lowest BCUT2D eigenvalue weighted by molar-refractivity contribution is -0.138. The van der Waals surface area contributed by atoms with E-state index in [0.717, 1.165) is 37.1 Å². The van der Waals surface area contributed by atoms with Crippen LogP contribution in [0.5, 0.6) is 5.75 Å². The van der Waals surface area contributed by atoms with Gasteiger partial charge in [-0.25, -0.2) is 0 Å². The van der Waals surface area contributed by atoms with Gasteiger partial charge >= 0.3 is 5.97 Å². The highest BCUT2D eigenvalue weighted by Crippen LogP contribution is 2.41. The first-order valence-corrected chi connectivity index (χ1v) is 6.75. The summed E-state index contributed by atoms with van der Waals surface area (Å²) in [5, 5.41) is 12.7. The van der Waals surface area contributed by atoms with Crippen LogP contribution in [0.4, 0.5) is 0 Å². The van der Waals surface area contributed by atoms with Crippen molar-refractivity contribution in [2.75, 3.05) is 13.7 Å². The van der Waals surface area contributed by atoms with Crippen LogP contribution in [0.2, 0.25) is 0 Å². The molecule has 1 atom stereocenters. The van der Waals surface area contributed by atoms with E-state index in [0.29, 0.717) is 0 Å². The minimum atomic E-state index is -0.765. The molecular formula is C15H21NO3. The number of methoxy groups -OCH3 is 1. The van der Waals surface area contributed by atoms with Crippen molar-refractivity contribution in [2.45, 2.75) is 38.1 Å². The van der Waals surface area contributed by atoms with Crippen LogP contribution in [-0.2, 0) is 16.8 Å². The Labute approximate surface area is 113 Å². The Hall–Kier alpha value is -1.55. The Bertz CT molecular complexity index is 472. The van der Waals surface area contributed by atoms with Gasteiger partial charge < -0.3 is 15.2 Å². The van der Waals surface area contributed by atoms with Crippen LogP contribution in [0.15, 0.2) is 18.2 Å². The van der Waals surface area contributed by atoms with Crippen molar-refractivity contribution in [3.63, 3.8) is 0 Å². The van der Waals surface area contributed by atoms with Gasteiger partial charge in [0, 0.05) is 0 Å². The molecule has 2 N–H and O–H groups in total. The molecule has 2 rings (SSSR count). The zero-order valence-corrected chi connectivity index (χ0v) is 11.5. The predicted molar refractivity (Wildman–Crippen MR) is 73.5 cm³/mol. The summed E-state index contributed by atoms with van der Waals surface area (Å²) in [7, 11) is 1.63. The van der Waals surface area contributed by atoms with E-state index in [1.807, 2.05) is 18.2 Å². The molecule has 0 aliphatic heterocycles. The first-order valence-electron chi connectivity index (χ1n) is 6.75. The predicted octanol–water partition coefficient (Wildman–Crippen LogP) is 2.31. The van der Waals surface area contributed by atoms with Gasteiger partial charge in [-0.05, 0) is 49.1 Å². The molecule has 1 aromatic rings. The monoisotopic (exact) mass is 263 g/mol. The van der Waals surface area contributed by atoms with Crippen molar-refractivity contribution in [3.8, 4) is 5.75 Å². The fourth-order valence-corrected chi connectivity index (χ4v) is 2.88. The average molecular weight is 263 g/mol. The fraction of sp³-hybridized carbons (Fsp3) is 0.533. The lowest BCUT2D eigenvalue weighted by atomic mass is 9.88. The Morgan fingerprint density at radius 2 is 2.32 bits per heavy atom. The lowest BCUT2D eigenvalue weighted by Crippen LogP contribution is -2.42. The molecule has 0 bridgehead atoms. The van der Waals surface area contributed by atoms with E-state index in [1.165, 1.54) is 5.56 Å². The summed E-state index contributed by atoms with van der Waals surface area (Å²) in [5.74, 6) is 0.0213. The fourth-order valence-electron chi connectivity index (χ4n) is 2.88. The molecule has 1 unspecified atom stereocenters. The van der Waals surface area contributed by atoms with E-state index in [1.54, 1.807) is 7.11 Å². The smallest absolute Gasteiger partial charge is 0.305 e. The summed E-state index contributed by atoms with van der Waals surface area (Å²) in [4.78, 5) is 11.2. The van der Waals surface area contributed by atoms with E-state index < -0.39 is 11.5 Å². The largest absolute Gasteiger partial charge is 0.497 e. The molecule has 4 nitrogen and oxygen atoms in total. The summed E-state index contributed by atoms with van der Waals surface area (Å²) in [5.41, 5.74) is 1.87. The molecule has 0 saturated heterocycles. The van der Waals surface area contributed by atoms with Crippen LogP contribution in [0.3, 0.4) is 0 Å². The highest BCUT2D eigenvalue weighted by Gasteiger charge is 2.40. The number of hydrogen-bond acceptors (Lipinski definition) is 3. The minimum absolute atomic E-state index is 0.118. The highest BCUT2D eigenvalue weighted by atomic mass is 16.5. The molecule has 0 fully saturated rings. The molecular weight excluding hydrogens is 242 g/mol. The van der Waals surface area contributed by atoms with E-state index in [9.17, 15) is 9.90 Å². The minimum Gasteiger partial charge on any atom is -0.497 e. The van der Waals surface area contributed by atoms with Crippen molar-refractivity contribution in [2.24, 2.45) is 0 Å². The van der Waals surface area contributed by atoms with Gasteiger partial charge in [0.15, 0.2) is 0 Å². The van der Waals surface area contributed by atoms with Gasteiger partial charge in [-0.1, -0.05) is 13.0 Å². The second-order valence-corrected chi connectivity index (χ2v) is 5.10. The number of nitrogens with one attached hydrogen (secondary N) is 1. The first kappa shape index (κ1) is 13.9. The van der Waals surface area contributed by atoms with Gasteiger partial charge in [0.25, 0.3) is 0 Å². The number of aryl methyl sites for hydroxylation is 1. The number of hydrogen-bond donors (Lipinski definition) is 2. The third kappa shape index (κ3) is 2.73. The summed E-state index contributed by atoms with van der Waals surface area (Å²) in [6, 6.07) is 5.97. The van der Waals surface area contributed by atoms with Crippen molar-refractivity contribution >= 4 is 5.97 Å². The van der Waals surface area contributed by atoms with Gasteiger partial charge in [-0.2, -0.15) is 0 Å². The van der Waals surface area contributed by atoms with E-state index in [-0.39, 0.29) is 6.42 Å². The summed E-state index contributed by atoms with van der Waals surface area (Å²) >= 11 is 0. The van der Waals surface area contributed by atoms with E-state index >= 15 is 0 Å². The molecule has 1 aliphatic rings. The molecule has 0 aromatic heterocycles. The number of carbonyl (C=O) groups is 1. The van der Waals surface area contributed by atoms with Crippen molar-refractivity contribution in [1.82, 2.24) is 5.32 Å². The maximum Gasteiger partial charge on any atom is 0.305 e. The Balaban J connectivity index is 2.38. The standard InChI is InChI=1S/C15H21NO3/c1-3-8-16-15(10-14(17)18)7-6-11-4-5-12(19-2)9-13(11)15/h4-5,9,16H,3,6-8,10H2,1-2H3,(H,17,18). The van der Waals surface area contributed by atoms with Gasteiger partial charge in [-0.15, -0.1) is 0 Å². The third-order valence-electron chi connectivity index (χ3n) is 3.82. The summed E-state index contributed by atoms with van der Waals surface area (Å²) in [6.07, 6.45) is 2.86. The normalized spacial score (nSPS) is 21.2. The number of carboxylic acids is 1. The maximum absolute atomic E-state index is 11.2. The molecule has 19 heavy (non-hydrogen) atoms. The topological polar surface area (TPSA) is 58.6 Å².